The van der Waals surface area contributed by atoms with Crippen LogP contribution in [-0.2, 0) is 20.9 Å². The normalized spacial score (nSPS) is 29.4. The summed E-state index contributed by atoms with van der Waals surface area (Å²) < 4.78 is 10.6. The van der Waals surface area contributed by atoms with E-state index in [4.69, 9.17) is 9.47 Å². The third kappa shape index (κ3) is 4.02. The number of ketones is 1. The van der Waals surface area contributed by atoms with Gasteiger partial charge in [-0.25, -0.2) is 0 Å². The van der Waals surface area contributed by atoms with Crippen LogP contribution in [-0.4, -0.2) is 31.3 Å². The molecule has 156 valence electrons. The predicted octanol–water partition coefficient (Wildman–Crippen LogP) is 3.27. The van der Waals surface area contributed by atoms with Gasteiger partial charge in [-0.05, 0) is 81.4 Å². The van der Waals surface area contributed by atoms with Gasteiger partial charge in [0.25, 0.3) is 0 Å². The molecule has 4 fully saturated rings. The van der Waals surface area contributed by atoms with Gasteiger partial charge in [-0.15, -0.1) is 0 Å². The minimum atomic E-state index is -0.488. The molecule has 0 unspecified atom stereocenters. The summed E-state index contributed by atoms with van der Waals surface area (Å²) in [6, 6.07) is 5.04. The second-order valence-electron chi connectivity index (χ2n) is 9.12. The largest absolute Gasteiger partial charge is 0.496 e. The van der Waals surface area contributed by atoms with E-state index < -0.39 is 5.97 Å². The number of benzene rings is 1. The van der Waals surface area contributed by atoms with Gasteiger partial charge in [-0.1, -0.05) is 0 Å². The van der Waals surface area contributed by atoms with Crippen molar-refractivity contribution in [1.82, 2.24) is 5.32 Å². The average molecular weight is 399 g/mol. The molecule has 1 amide bonds. The summed E-state index contributed by atoms with van der Waals surface area (Å²) in [6.45, 7) is 1.35. The molecule has 4 aliphatic carbocycles. The topological polar surface area (TPSA) is 81.7 Å². The van der Waals surface area contributed by atoms with Gasteiger partial charge < -0.3 is 14.8 Å². The van der Waals surface area contributed by atoms with Gasteiger partial charge in [0.1, 0.15) is 18.9 Å². The summed E-state index contributed by atoms with van der Waals surface area (Å²) in [6.07, 6.45) is 6.72. The maximum absolute atomic E-state index is 12.9. The smallest absolute Gasteiger partial charge is 0.325 e. The van der Waals surface area contributed by atoms with Crippen molar-refractivity contribution in [3.63, 3.8) is 0 Å². The monoisotopic (exact) mass is 399 g/mol. The van der Waals surface area contributed by atoms with Gasteiger partial charge in [0.15, 0.2) is 5.78 Å². The van der Waals surface area contributed by atoms with Crippen molar-refractivity contribution in [3.05, 3.63) is 29.3 Å². The third-order valence-corrected chi connectivity index (χ3v) is 6.99. The van der Waals surface area contributed by atoms with E-state index in [1.54, 1.807) is 18.2 Å². The Morgan fingerprint density at radius 3 is 2.24 bits per heavy atom. The van der Waals surface area contributed by atoms with E-state index in [1.165, 1.54) is 33.3 Å². The first-order valence-corrected chi connectivity index (χ1v) is 10.5. The maximum Gasteiger partial charge on any atom is 0.325 e. The summed E-state index contributed by atoms with van der Waals surface area (Å²) >= 11 is 0. The average Bonchev–Trinajstić information content (AvgIpc) is 2.69. The molecule has 0 atom stereocenters. The number of hydrogen-bond acceptors (Lipinski definition) is 5. The maximum atomic E-state index is 12.9. The van der Waals surface area contributed by atoms with Gasteiger partial charge in [0.2, 0.25) is 5.91 Å². The standard InChI is InChI=1S/C23H29NO5/c1-14(25)18-3-4-20(28-2)19(8-18)13-29-21(26)12-24-22(27)23-9-15-5-16(10-23)7-17(6-15)11-23/h3-4,8,15-17H,5-7,9-13H2,1-2H3,(H,24,27). The molecule has 0 heterocycles. The number of amides is 1. The second-order valence-corrected chi connectivity index (χ2v) is 9.12. The van der Waals surface area contributed by atoms with Gasteiger partial charge in [-0.3, -0.25) is 14.4 Å². The summed E-state index contributed by atoms with van der Waals surface area (Å²) in [5.74, 6) is 2.06. The quantitative estimate of drug-likeness (QED) is 0.562. The lowest BCUT2D eigenvalue weighted by molar-refractivity contribution is -0.151. The van der Waals surface area contributed by atoms with Crippen molar-refractivity contribution in [1.29, 1.82) is 0 Å². The van der Waals surface area contributed by atoms with Crippen LogP contribution in [0, 0.1) is 23.2 Å². The fourth-order valence-electron chi connectivity index (χ4n) is 6.05. The lowest BCUT2D eigenvalue weighted by Crippen LogP contribution is -2.54. The molecule has 4 aliphatic rings. The number of nitrogens with one attached hydrogen (secondary N) is 1. The third-order valence-electron chi connectivity index (χ3n) is 6.99. The van der Waals surface area contributed by atoms with Crippen LogP contribution in [0.15, 0.2) is 18.2 Å². The van der Waals surface area contributed by atoms with E-state index in [0.717, 1.165) is 19.3 Å². The molecular weight excluding hydrogens is 370 g/mol. The molecule has 1 aromatic carbocycles. The molecule has 4 bridgehead atoms. The fourth-order valence-corrected chi connectivity index (χ4v) is 6.05. The number of carbonyl (C=O) groups excluding carboxylic acids is 3. The zero-order valence-electron chi connectivity index (χ0n) is 17.2. The molecule has 1 N–H and O–H groups in total. The molecule has 0 aliphatic heterocycles. The first-order valence-electron chi connectivity index (χ1n) is 10.5. The first-order chi connectivity index (χ1) is 13.9. The van der Waals surface area contributed by atoms with E-state index in [0.29, 0.717) is 34.6 Å². The van der Waals surface area contributed by atoms with E-state index in [9.17, 15) is 14.4 Å². The number of methoxy groups -OCH3 is 1. The minimum Gasteiger partial charge on any atom is -0.496 e. The van der Waals surface area contributed by atoms with Crippen molar-refractivity contribution in [2.24, 2.45) is 23.2 Å². The Kier molecular flexibility index (Phi) is 5.36. The van der Waals surface area contributed by atoms with Crippen molar-refractivity contribution in [2.45, 2.75) is 52.1 Å². The molecule has 6 nitrogen and oxygen atoms in total. The van der Waals surface area contributed by atoms with Gasteiger partial charge >= 0.3 is 5.97 Å². The first kappa shape index (κ1) is 19.9. The van der Waals surface area contributed by atoms with Crippen LogP contribution < -0.4 is 10.1 Å². The number of carbonyl (C=O) groups is 3. The van der Waals surface area contributed by atoms with Crippen molar-refractivity contribution in [3.8, 4) is 5.75 Å². The zero-order chi connectivity index (χ0) is 20.6. The van der Waals surface area contributed by atoms with Crippen LogP contribution >= 0.6 is 0 Å². The number of rotatable bonds is 7. The number of hydrogen-bond donors (Lipinski definition) is 1. The number of Topliss-reactive ketones (excluding diaryl/α,β-unsaturated/α-hetero) is 1. The Labute approximate surface area is 171 Å². The summed E-state index contributed by atoms with van der Waals surface area (Å²) in [5, 5.41) is 2.84. The van der Waals surface area contributed by atoms with Crippen LogP contribution in [0.3, 0.4) is 0 Å². The second kappa shape index (κ2) is 7.81. The number of esters is 1. The Hall–Kier alpha value is -2.37. The number of ether oxygens (including phenoxy) is 2. The van der Waals surface area contributed by atoms with Crippen molar-refractivity contribution in [2.75, 3.05) is 13.7 Å². The molecule has 6 heteroatoms. The highest BCUT2D eigenvalue weighted by Crippen LogP contribution is 2.60. The van der Waals surface area contributed by atoms with Crippen molar-refractivity contribution >= 4 is 17.7 Å². The van der Waals surface area contributed by atoms with Crippen molar-refractivity contribution < 1.29 is 23.9 Å². The molecule has 0 aromatic heterocycles. The highest BCUT2D eigenvalue weighted by Gasteiger charge is 2.54. The van der Waals surface area contributed by atoms with Crippen LogP contribution in [0.1, 0.15) is 61.4 Å². The predicted molar refractivity (Wildman–Crippen MR) is 106 cm³/mol. The van der Waals surface area contributed by atoms with Crippen LogP contribution in [0.25, 0.3) is 0 Å². The molecule has 4 saturated carbocycles. The van der Waals surface area contributed by atoms with Crippen LogP contribution in [0.4, 0.5) is 0 Å². The Balaban J connectivity index is 1.31. The molecule has 0 saturated heterocycles. The molecule has 29 heavy (non-hydrogen) atoms. The Bertz CT molecular complexity index is 795. The van der Waals surface area contributed by atoms with E-state index in [-0.39, 0.29) is 30.3 Å². The minimum absolute atomic E-state index is 0.00361. The van der Waals surface area contributed by atoms with E-state index in [1.807, 2.05) is 0 Å². The summed E-state index contributed by atoms with van der Waals surface area (Å²) in [4.78, 5) is 36.7. The van der Waals surface area contributed by atoms with E-state index >= 15 is 0 Å². The Morgan fingerprint density at radius 2 is 1.69 bits per heavy atom. The van der Waals surface area contributed by atoms with E-state index in [2.05, 4.69) is 5.32 Å². The highest BCUT2D eigenvalue weighted by atomic mass is 16.5. The van der Waals surface area contributed by atoms with Gasteiger partial charge in [0, 0.05) is 16.5 Å². The molecule has 0 radical (unpaired) electrons. The fraction of sp³-hybridized carbons (Fsp3) is 0.609. The SMILES string of the molecule is COc1ccc(C(C)=O)cc1COC(=O)CNC(=O)C12CC3CC(CC(C3)C1)C2. The van der Waals surface area contributed by atoms with Gasteiger partial charge in [0.05, 0.1) is 7.11 Å². The Morgan fingerprint density at radius 1 is 1.07 bits per heavy atom. The molecule has 0 spiro atoms. The summed E-state index contributed by atoms with van der Waals surface area (Å²) in [7, 11) is 1.53. The molecular formula is C23H29NO5. The molecule has 5 rings (SSSR count). The zero-order valence-corrected chi connectivity index (χ0v) is 17.2. The van der Waals surface area contributed by atoms with Crippen LogP contribution in [0.2, 0.25) is 0 Å². The lowest BCUT2D eigenvalue weighted by Gasteiger charge is -2.55. The van der Waals surface area contributed by atoms with Gasteiger partial charge in [-0.2, -0.15) is 0 Å². The van der Waals surface area contributed by atoms with Crippen LogP contribution in [0.5, 0.6) is 5.75 Å². The summed E-state index contributed by atoms with van der Waals surface area (Å²) in [5.41, 5.74) is 0.890. The molecule has 1 aromatic rings. The highest BCUT2D eigenvalue weighted by molar-refractivity contribution is 5.94. The lowest BCUT2D eigenvalue weighted by atomic mass is 9.49.